The second kappa shape index (κ2) is 5.02. The number of aromatic nitrogens is 1. The van der Waals surface area contributed by atoms with Gasteiger partial charge in [-0.15, -0.1) is 0 Å². The van der Waals surface area contributed by atoms with Crippen LogP contribution in [0.3, 0.4) is 0 Å². The fourth-order valence-electron chi connectivity index (χ4n) is 1.94. The van der Waals surface area contributed by atoms with E-state index in [1.165, 1.54) is 7.11 Å². The topological polar surface area (TPSA) is 40.5 Å². The second-order valence-electron chi connectivity index (χ2n) is 3.94. The Hall–Kier alpha value is -1.49. The predicted octanol–water partition coefficient (Wildman–Crippen LogP) is 2.89. The third kappa shape index (κ3) is 2.10. The monoisotopic (exact) mass is 311 g/mol. The lowest BCUT2D eigenvalue weighted by molar-refractivity contribution is -0.141. The van der Waals surface area contributed by atoms with Crippen molar-refractivity contribution in [2.24, 2.45) is 0 Å². The van der Waals surface area contributed by atoms with Gasteiger partial charge in [-0.25, -0.2) is 0 Å². The average molecular weight is 312 g/mol. The van der Waals surface area contributed by atoms with Crippen LogP contribution in [0, 0.1) is 6.92 Å². The molecule has 5 heteroatoms. The van der Waals surface area contributed by atoms with E-state index in [0.29, 0.717) is 0 Å². The first-order valence-electron chi connectivity index (χ1n) is 5.47. The Morgan fingerprint density at radius 2 is 2.11 bits per heavy atom. The van der Waals surface area contributed by atoms with Crippen LogP contribution >= 0.6 is 15.9 Å². The van der Waals surface area contributed by atoms with Gasteiger partial charge >= 0.3 is 5.97 Å². The predicted molar refractivity (Wildman–Crippen MR) is 72.9 cm³/mol. The van der Waals surface area contributed by atoms with Gasteiger partial charge in [-0.1, -0.05) is 0 Å². The molecule has 18 heavy (non-hydrogen) atoms. The van der Waals surface area contributed by atoms with Crippen molar-refractivity contribution in [2.45, 2.75) is 13.5 Å². The van der Waals surface area contributed by atoms with E-state index in [2.05, 4.69) is 15.9 Å². The summed E-state index contributed by atoms with van der Waals surface area (Å²) in [5, 5.41) is 1.02. The number of fused-ring (bicyclic) bond motifs is 1. The molecule has 0 saturated carbocycles. The number of carbonyl (C=O) groups is 1. The molecule has 0 amide bonds. The number of benzene rings is 1. The Labute approximate surface area is 114 Å². The van der Waals surface area contributed by atoms with Crippen molar-refractivity contribution < 1.29 is 14.3 Å². The van der Waals surface area contributed by atoms with Gasteiger partial charge in [-0.05, 0) is 41.1 Å². The van der Waals surface area contributed by atoms with E-state index in [4.69, 9.17) is 9.47 Å². The number of halogens is 1. The highest BCUT2D eigenvalue weighted by Gasteiger charge is 2.15. The molecule has 0 aliphatic rings. The molecule has 2 rings (SSSR count). The van der Waals surface area contributed by atoms with Crippen molar-refractivity contribution >= 4 is 32.8 Å². The van der Waals surface area contributed by atoms with Gasteiger partial charge in [0.25, 0.3) is 0 Å². The number of hydrogen-bond acceptors (Lipinski definition) is 3. The molecule has 0 aliphatic heterocycles. The maximum Gasteiger partial charge on any atom is 0.325 e. The fourth-order valence-corrected chi connectivity index (χ4v) is 2.48. The molecule has 1 aromatic carbocycles. The van der Waals surface area contributed by atoms with Crippen molar-refractivity contribution in [1.82, 2.24) is 4.57 Å². The molecule has 0 atom stereocenters. The molecule has 96 valence electrons. The summed E-state index contributed by atoms with van der Waals surface area (Å²) in [6, 6.07) is 5.76. The lowest BCUT2D eigenvalue weighted by atomic mass is 10.2. The number of rotatable bonds is 3. The van der Waals surface area contributed by atoms with Gasteiger partial charge in [0.2, 0.25) is 0 Å². The van der Waals surface area contributed by atoms with Crippen molar-refractivity contribution in [3.8, 4) is 5.75 Å². The smallest absolute Gasteiger partial charge is 0.325 e. The minimum atomic E-state index is -0.265. The molecule has 1 aromatic heterocycles. The number of carbonyl (C=O) groups excluding carboxylic acids is 1. The van der Waals surface area contributed by atoms with Crippen LogP contribution in [-0.2, 0) is 16.1 Å². The molecule has 0 fully saturated rings. The molecule has 0 aliphatic carbocycles. The van der Waals surface area contributed by atoms with Crippen LogP contribution in [0.5, 0.6) is 5.75 Å². The number of esters is 1. The van der Waals surface area contributed by atoms with Crippen LogP contribution in [0.4, 0.5) is 0 Å². The largest absolute Gasteiger partial charge is 0.497 e. The van der Waals surface area contributed by atoms with Crippen molar-refractivity contribution in [1.29, 1.82) is 0 Å². The Morgan fingerprint density at radius 1 is 1.39 bits per heavy atom. The SMILES string of the molecule is COC(=O)Cn1c(C)c(Br)c2cc(OC)ccc21. The van der Waals surface area contributed by atoms with Gasteiger partial charge in [0.05, 0.1) is 19.7 Å². The van der Waals surface area contributed by atoms with E-state index in [-0.39, 0.29) is 12.5 Å². The minimum absolute atomic E-state index is 0.205. The zero-order chi connectivity index (χ0) is 13.3. The zero-order valence-corrected chi connectivity index (χ0v) is 12.1. The lowest BCUT2D eigenvalue weighted by Crippen LogP contribution is -2.12. The van der Waals surface area contributed by atoms with Crippen molar-refractivity contribution in [3.63, 3.8) is 0 Å². The first-order valence-corrected chi connectivity index (χ1v) is 6.27. The quantitative estimate of drug-likeness (QED) is 0.818. The van der Waals surface area contributed by atoms with E-state index in [0.717, 1.165) is 26.8 Å². The van der Waals surface area contributed by atoms with Gasteiger partial charge in [0.15, 0.2) is 0 Å². The van der Waals surface area contributed by atoms with E-state index < -0.39 is 0 Å². The summed E-state index contributed by atoms with van der Waals surface area (Å²) < 4.78 is 12.8. The Balaban J connectivity index is 2.60. The van der Waals surface area contributed by atoms with E-state index in [1.807, 2.05) is 29.7 Å². The second-order valence-corrected chi connectivity index (χ2v) is 4.74. The van der Waals surface area contributed by atoms with Gasteiger partial charge in [-0.3, -0.25) is 4.79 Å². The Morgan fingerprint density at radius 3 is 2.72 bits per heavy atom. The molecule has 0 saturated heterocycles. The van der Waals surface area contributed by atoms with E-state index in [1.54, 1.807) is 7.11 Å². The average Bonchev–Trinajstić information content (AvgIpc) is 2.63. The molecule has 2 aromatic rings. The summed E-state index contributed by atoms with van der Waals surface area (Å²) in [4.78, 5) is 11.4. The maximum atomic E-state index is 11.4. The molecule has 4 nitrogen and oxygen atoms in total. The lowest BCUT2D eigenvalue weighted by Gasteiger charge is -2.06. The summed E-state index contributed by atoms with van der Waals surface area (Å²) in [6.45, 7) is 2.16. The number of hydrogen-bond donors (Lipinski definition) is 0. The van der Waals surface area contributed by atoms with E-state index >= 15 is 0 Å². The summed E-state index contributed by atoms with van der Waals surface area (Å²) in [5.74, 6) is 0.525. The minimum Gasteiger partial charge on any atom is -0.497 e. The fraction of sp³-hybridized carbons (Fsp3) is 0.308. The molecule has 0 bridgehead atoms. The summed E-state index contributed by atoms with van der Waals surface area (Å²) >= 11 is 3.55. The van der Waals surface area contributed by atoms with Gasteiger partial charge in [0.1, 0.15) is 12.3 Å². The molecular formula is C13H14BrNO3. The number of nitrogens with zero attached hydrogens (tertiary/aromatic N) is 1. The van der Waals surface area contributed by atoms with Crippen LogP contribution in [0.2, 0.25) is 0 Å². The first-order chi connectivity index (χ1) is 8.58. The van der Waals surface area contributed by atoms with Crippen LogP contribution < -0.4 is 4.74 Å². The standard InChI is InChI=1S/C13H14BrNO3/c1-8-13(14)10-6-9(17-2)4-5-11(10)15(8)7-12(16)18-3/h4-6H,7H2,1-3H3. The van der Waals surface area contributed by atoms with Crippen LogP contribution in [0.25, 0.3) is 10.9 Å². The molecule has 0 N–H and O–H groups in total. The third-order valence-electron chi connectivity index (χ3n) is 2.97. The molecule has 0 radical (unpaired) electrons. The highest BCUT2D eigenvalue weighted by atomic mass is 79.9. The maximum absolute atomic E-state index is 11.4. The number of ether oxygens (including phenoxy) is 2. The highest BCUT2D eigenvalue weighted by Crippen LogP contribution is 2.33. The molecule has 0 spiro atoms. The van der Waals surface area contributed by atoms with Crippen molar-refractivity contribution in [3.05, 3.63) is 28.4 Å². The molecule has 1 heterocycles. The van der Waals surface area contributed by atoms with Crippen LogP contribution in [0.1, 0.15) is 5.69 Å². The molecule has 0 unspecified atom stereocenters. The summed E-state index contributed by atoms with van der Waals surface area (Å²) in [6.07, 6.45) is 0. The molecular weight excluding hydrogens is 298 g/mol. The highest BCUT2D eigenvalue weighted by molar-refractivity contribution is 9.10. The van der Waals surface area contributed by atoms with Gasteiger partial charge in [-0.2, -0.15) is 0 Å². The summed E-state index contributed by atoms with van der Waals surface area (Å²) in [7, 11) is 3.02. The van der Waals surface area contributed by atoms with Gasteiger partial charge < -0.3 is 14.0 Å². The van der Waals surface area contributed by atoms with Crippen LogP contribution in [-0.4, -0.2) is 24.8 Å². The number of methoxy groups -OCH3 is 2. The summed E-state index contributed by atoms with van der Waals surface area (Å²) in [5.41, 5.74) is 1.97. The normalized spacial score (nSPS) is 10.7. The van der Waals surface area contributed by atoms with E-state index in [9.17, 15) is 4.79 Å². The van der Waals surface area contributed by atoms with Crippen LogP contribution in [0.15, 0.2) is 22.7 Å². The third-order valence-corrected chi connectivity index (χ3v) is 3.97. The Bertz CT molecular complexity index is 604. The van der Waals surface area contributed by atoms with Gasteiger partial charge in [0, 0.05) is 15.6 Å². The first kappa shape index (κ1) is 13.0. The Kier molecular flexibility index (Phi) is 3.61. The zero-order valence-electron chi connectivity index (χ0n) is 10.5. The van der Waals surface area contributed by atoms with Crippen molar-refractivity contribution in [2.75, 3.05) is 14.2 Å².